The summed E-state index contributed by atoms with van der Waals surface area (Å²) >= 11 is 0.930. The molecule has 0 aliphatic heterocycles. The van der Waals surface area contributed by atoms with E-state index in [0.29, 0.717) is 29.9 Å². The predicted octanol–water partition coefficient (Wildman–Crippen LogP) is 2.25. The molecule has 0 atom stereocenters. The van der Waals surface area contributed by atoms with E-state index in [2.05, 4.69) is 46.9 Å². The normalized spacial score (nSPS) is 9.40. The summed E-state index contributed by atoms with van der Waals surface area (Å²) in [6.07, 6.45) is 4.05. The van der Waals surface area contributed by atoms with Gasteiger partial charge in [-0.15, -0.1) is 0 Å². The zero-order valence-corrected chi connectivity index (χ0v) is 12.5. The standard InChI is InChI=1S/C13H16Se2/c1-2-3-7-10-14-11-12-15-13-8-5-4-6-9-13/h4-6,8-9H,2-3,7,10H2,1H3. The van der Waals surface area contributed by atoms with Crippen molar-refractivity contribution in [3.8, 4) is 9.64 Å². The van der Waals surface area contributed by atoms with Crippen LogP contribution in [0.4, 0.5) is 0 Å². The number of unbranched alkanes of at least 4 members (excludes halogenated alkanes) is 2. The second-order valence-electron chi connectivity index (χ2n) is 3.17. The molecule has 0 radical (unpaired) electrons. The Morgan fingerprint density at radius 1 is 1.07 bits per heavy atom. The van der Waals surface area contributed by atoms with Gasteiger partial charge in [0, 0.05) is 0 Å². The van der Waals surface area contributed by atoms with Gasteiger partial charge in [0.15, 0.2) is 0 Å². The first-order valence-corrected chi connectivity index (χ1v) is 9.05. The zero-order valence-electron chi connectivity index (χ0n) is 9.03. The van der Waals surface area contributed by atoms with Gasteiger partial charge in [-0.2, -0.15) is 0 Å². The third kappa shape index (κ3) is 6.82. The summed E-state index contributed by atoms with van der Waals surface area (Å²) < 4.78 is 1.39. The molecule has 0 bridgehead atoms. The number of benzene rings is 1. The van der Waals surface area contributed by atoms with Gasteiger partial charge in [0.25, 0.3) is 0 Å². The van der Waals surface area contributed by atoms with Crippen molar-refractivity contribution in [1.29, 1.82) is 0 Å². The summed E-state index contributed by atoms with van der Waals surface area (Å²) in [7, 11) is 0. The molecule has 0 saturated heterocycles. The van der Waals surface area contributed by atoms with E-state index in [0.717, 1.165) is 0 Å². The molecule has 0 heterocycles. The molecular formula is C13H16Se2. The van der Waals surface area contributed by atoms with Gasteiger partial charge in [0.2, 0.25) is 0 Å². The fourth-order valence-corrected chi connectivity index (χ4v) is 4.19. The van der Waals surface area contributed by atoms with Gasteiger partial charge < -0.3 is 0 Å². The number of rotatable bonds is 5. The molecule has 0 unspecified atom stereocenters. The number of hydrogen-bond donors (Lipinski definition) is 0. The minimum absolute atomic E-state index is 0.369. The van der Waals surface area contributed by atoms with Gasteiger partial charge in [-0.25, -0.2) is 0 Å². The summed E-state index contributed by atoms with van der Waals surface area (Å²) in [4.78, 5) is 6.65. The van der Waals surface area contributed by atoms with Gasteiger partial charge in [0.05, 0.1) is 0 Å². The Hall–Kier alpha value is -0.181. The molecule has 80 valence electrons. The van der Waals surface area contributed by atoms with Crippen LogP contribution in [0.1, 0.15) is 26.2 Å². The van der Waals surface area contributed by atoms with E-state index in [1.165, 1.54) is 29.0 Å². The molecule has 15 heavy (non-hydrogen) atoms. The van der Waals surface area contributed by atoms with E-state index in [-0.39, 0.29) is 0 Å². The van der Waals surface area contributed by atoms with Crippen molar-refractivity contribution < 1.29 is 0 Å². The Balaban J connectivity index is 2.12. The van der Waals surface area contributed by atoms with Crippen molar-refractivity contribution in [1.82, 2.24) is 0 Å². The molecule has 0 aliphatic rings. The van der Waals surface area contributed by atoms with Crippen molar-refractivity contribution in [2.24, 2.45) is 0 Å². The average Bonchev–Trinajstić information content (AvgIpc) is 2.29. The first-order chi connectivity index (χ1) is 7.43. The molecule has 0 N–H and O–H groups in total. The Morgan fingerprint density at radius 3 is 2.60 bits per heavy atom. The van der Waals surface area contributed by atoms with E-state index >= 15 is 0 Å². The van der Waals surface area contributed by atoms with E-state index in [1.807, 2.05) is 0 Å². The molecular weight excluding hydrogens is 314 g/mol. The summed E-state index contributed by atoms with van der Waals surface area (Å²) in [6, 6.07) is 10.6. The topological polar surface area (TPSA) is 0 Å². The monoisotopic (exact) mass is 332 g/mol. The van der Waals surface area contributed by atoms with Gasteiger partial charge in [-0.3, -0.25) is 0 Å². The minimum atomic E-state index is 0.369. The summed E-state index contributed by atoms with van der Waals surface area (Å²) in [5.74, 6) is 0. The van der Waals surface area contributed by atoms with Crippen LogP contribution in [0.2, 0.25) is 5.32 Å². The Bertz CT molecular complexity index is 308. The van der Waals surface area contributed by atoms with Crippen LogP contribution in [-0.2, 0) is 0 Å². The molecule has 0 amide bonds. The van der Waals surface area contributed by atoms with Gasteiger partial charge in [-0.05, 0) is 0 Å². The Kier molecular flexibility index (Phi) is 7.80. The van der Waals surface area contributed by atoms with Gasteiger partial charge >= 0.3 is 106 Å². The molecule has 0 aromatic heterocycles. The average molecular weight is 330 g/mol. The number of hydrogen-bond acceptors (Lipinski definition) is 0. The van der Waals surface area contributed by atoms with E-state index in [4.69, 9.17) is 0 Å². The molecule has 1 aromatic rings. The molecule has 2 heteroatoms. The van der Waals surface area contributed by atoms with E-state index < -0.39 is 0 Å². The first-order valence-electron chi connectivity index (χ1n) is 5.27. The Labute approximate surface area is 106 Å². The molecule has 0 spiro atoms. The van der Waals surface area contributed by atoms with Crippen LogP contribution in [0.5, 0.6) is 0 Å². The molecule has 0 aliphatic carbocycles. The van der Waals surface area contributed by atoms with E-state index in [1.54, 1.807) is 0 Å². The quantitative estimate of drug-likeness (QED) is 0.441. The van der Waals surface area contributed by atoms with Crippen LogP contribution in [-0.4, -0.2) is 29.9 Å². The van der Waals surface area contributed by atoms with Crippen molar-refractivity contribution in [3.05, 3.63) is 30.3 Å². The van der Waals surface area contributed by atoms with Crippen molar-refractivity contribution in [2.75, 3.05) is 0 Å². The molecule has 1 aromatic carbocycles. The van der Waals surface area contributed by atoms with Gasteiger partial charge in [-0.1, -0.05) is 0 Å². The predicted molar refractivity (Wildman–Crippen MR) is 69.7 cm³/mol. The van der Waals surface area contributed by atoms with Gasteiger partial charge in [0.1, 0.15) is 0 Å². The van der Waals surface area contributed by atoms with Crippen LogP contribution < -0.4 is 4.46 Å². The Morgan fingerprint density at radius 2 is 1.87 bits per heavy atom. The zero-order chi connectivity index (χ0) is 10.8. The van der Waals surface area contributed by atoms with Crippen LogP contribution in [0.25, 0.3) is 0 Å². The van der Waals surface area contributed by atoms with Crippen LogP contribution in [0, 0.1) is 9.64 Å². The van der Waals surface area contributed by atoms with Crippen LogP contribution in [0.15, 0.2) is 30.3 Å². The van der Waals surface area contributed by atoms with Crippen molar-refractivity contribution >= 4 is 34.4 Å². The molecule has 0 fully saturated rings. The third-order valence-corrected chi connectivity index (χ3v) is 5.58. The van der Waals surface area contributed by atoms with Crippen molar-refractivity contribution in [2.45, 2.75) is 31.5 Å². The molecule has 0 nitrogen and oxygen atoms in total. The summed E-state index contributed by atoms with van der Waals surface area (Å²) in [5.41, 5.74) is 0. The fraction of sp³-hybridized carbons (Fsp3) is 0.385. The van der Waals surface area contributed by atoms with E-state index in [9.17, 15) is 0 Å². The van der Waals surface area contributed by atoms with Crippen LogP contribution in [0.3, 0.4) is 0 Å². The summed E-state index contributed by atoms with van der Waals surface area (Å²) in [5, 5.41) is 1.33. The SMILES string of the molecule is CCCCC[Se]C#C[Se]c1ccccc1. The third-order valence-electron chi connectivity index (χ3n) is 1.88. The van der Waals surface area contributed by atoms with Crippen molar-refractivity contribution in [3.63, 3.8) is 0 Å². The second-order valence-corrected chi connectivity index (χ2v) is 6.91. The van der Waals surface area contributed by atoms with Crippen LogP contribution >= 0.6 is 0 Å². The summed E-state index contributed by atoms with van der Waals surface area (Å²) in [6.45, 7) is 2.25. The first kappa shape index (κ1) is 12.9. The fourth-order valence-electron chi connectivity index (χ4n) is 1.07. The maximum absolute atomic E-state index is 3.33. The maximum atomic E-state index is 3.33. The molecule has 0 saturated carbocycles. The second kappa shape index (κ2) is 9.07. The molecule has 1 rings (SSSR count).